The van der Waals surface area contributed by atoms with Crippen LogP contribution in [0.3, 0.4) is 0 Å². The van der Waals surface area contributed by atoms with Gasteiger partial charge in [0.25, 0.3) is 0 Å². The van der Waals surface area contributed by atoms with Gasteiger partial charge in [0.1, 0.15) is 0 Å². The highest BCUT2D eigenvalue weighted by Crippen LogP contribution is 2.49. The third-order valence-electron chi connectivity index (χ3n) is 5.21. The van der Waals surface area contributed by atoms with E-state index in [9.17, 15) is 9.59 Å². The number of anilines is 1. The van der Waals surface area contributed by atoms with E-state index in [0.29, 0.717) is 5.92 Å². The van der Waals surface area contributed by atoms with Crippen molar-refractivity contribution in [3.8, 4) is 0 Å². The lowest BCUT2D eigenvalue weighted by molar-refractivity contribution is -0.153. The second-order valence-corrected chi connectivity index (χ2v) is 6.78. The van der Waals surface area contributed by atoms with Gasteiger partial charge in [-0.25, -0.2) is 0 Å². The molecule has 23 heavy (non-hydrogen) atoms. The normalized spacial score (nSPS) is 26.8. The van der Waals surface area contributed by atoms with Crippen molar-refractivity contribution in [2.24, 2.45) is 11.3 Å². The molecule has 5 heteroatoms. The van der Waals surface area contributed by atoms with Crippen LogP contribution in [0, 0.1) is 11.3 Å². The van der Waals surface area contributed by atoms with Gasteiger partial charge in [0.2, 0.25) is 5.91 Å². The van der Waals surface area contributed by atoms with E-state index >= 15 is 0 Å². The summed E-state index contributed by atoms with van der Waals surface area (Å²) in [7, 11) is 1.50. The van der Waals surface area contributed by atoms with Crippen LogP contribution in [0.4, 0.5) is 5.69 Å². The Labute approximate surface area is 137 Å². The standard InChI is InChI=1S/C18H24N2O3/c1-13(21)19-16-7-5-14(6-8-16)10-20-11-15-4-3-9-18(15,12-20)17(22)23-2/h5-8,15H,3-4,9-12H2,1-2H3,(H,19,21)/t15-,18+/m1/s1. The molecule has 0 bridgehead atoms. The van der Waals surface area contributed by atoms with Crippen molar-refractivity contribution in [2.45, 2.75) is 32.7 Å². The van der Waals surface area contributed by atoms with Gasteiger partial charge >= 0.3 is 5.97 Å². The van der Waals surface area contributed by atoms with Gasteiger partial charge in [-0.2, -0.15) is 0 Å². The van der Waals surface area contributed by atoms with Crippen LogP contribution in [0.2, 0.25) is 0 Å². The van der Waals surface area contributed by atoms with E-state index in [2.05, 4.69) is 10.2 Å². The number of likely N-dealkylation sites (tertiary alicyclic amines) is 1. The van der Waals surface area contributed by atoms with Crippen molar-refractivity contribution < 1.29 is 14.3 Å². The van der Waals surface area contributed by atoms with Crippen LogP contribution in [0.1, 0.15) is 31.7 Å². The fraction of sp³-hybridized carbons (Fsp3) is 0.556. The topological polar surface area (TPSA) is 58.6 Å². The molecule has 1 aliphatic heterocycles. The average molecular weight is 316 g/mol. The molecule has 1 aromatic rings. The smallest absolute Gasteiger partial charge is 0.313 e. The van der Waals surface area contributed by atoms with Crippen LogP contribution in [0.5, 0.6) is 0 Å². The Morgan fingerprint density at radius 2 is 2.09 bits per heavy atom. The minimum Gasteiger partial charge on any atom is -0.469 e. The van der Waals surface area contributed by atoms with E-state index in [0.717, 1.165) is 44.6 Å². The summed E-state index contributed by atoms with van der Waals surface area (Å²) in [6.45, 7) is 4.08. The molecule has 2 aliphatic rings. The van der Waals surface area contributed by atoms with Crippen LogP contribution >= 0.6 is 0 Å². The van der Waals surface area contributed by atoms with Gasteiger partial charge in [-0.1, -0.05) is 18.6 Å². The molecule has 1 amide bonds. The number of nitrogens with one attached hydrogen (secondary N) is 1. The first-order valence-corrected chi connectivity index (χ1v) is 8.21. The molecule has 2 atom stereocenters. The largest absolute Gasteiger partial charge is 0.469 e. The number of hydrogen-bond acceptors (Lipinski definition) is 4. The number of fused-ring (bicyclic) bond motifs is 1. The molecule has 1 saturated heterocycles. The summed E-state index contributed by atoms with van der Waals surface area (Å²) in [6, 6.07) is 7.90. The number of carbonyl (C=O) groups is 2. The van der Waals surface area contributed by atoms with Gasteiger partial charge in [0, 0.05) is 32.2 Å². The van der Waals surface area contributed by atoms with E-state index in [1.54, 1.807) is 0 Å². The molecular weight excluding hydrogens is 292 g/mol. The number of ether oxygens (including phenoxy) is 1. The van der Waals surface area contributed by atoms with Gasteiger partial charge in [0.15, 0.2) is 0 Å². The Bertz CT molecular complexity index is 599. The highest BCUT2D eigenvalue weighted by Gasteiger charge is 2.55. The maximum absolute atomic E-state index is 12.3. The minimum atomic E-state index is -0.287. The van der Waals surface area contributed by atoms with Crippen molar-refractivity contribution in [3.63, 3.8) is 0 Å². The molecule has 1 N–H and O–H groups in total. The van der Waals surface area contributed by atoms with Gasteiger partial charge in [0.05, 0.1) is 12.5 Å². The predicted molar refractivity (Wildman–Crippen MR) is 87.8 cm³/mol. The van der Waals surface area contributed by atoms with E-state index in [1.165, 1.54) is 19.6 Å². The summed E-state index contributed by atoms with van der Waals surface area (Å²) < 4.78 is 5.08. The lowest BCUT2D eigenvalue weighted by Gasteiger charge is -2.25. The van der Waals surface area contributed by atoms with E-state index < -0.39 is 0 Å². The van der Waals surface area contributed by atoms with Crippen LogP contribution in [-0.4, -0.2) is 37.0 Å². The number of hydrogen-bond donors (Lipinski definition) is 1. The van der Waals surface area contributed by atoms with Crippen LogP contribution in [0.15, 0.2) is 24.3 Å². The fourth-order valence-corrected chi connectivity index (χ4v) is 4.21. The fourth-order valence-electron chi connectivity index (χ4n) is 4.21. The molecule has 1 heterocycles. The van der Waals surface area contributed by atoms with E-state index in [-0.39, 0.29) is 17.3 Å². The Morgan fingerprint density at radius 1 is 1.35 bits per heavy atom. The molecule has 0 spiro atoms. The summed E-state index contributed by atoms with van der Waals surface area (Å²) in [5.41, 5.74) is 1.72. The van der Waals surface area contributed by atoms with Gasteiger partial charge < -0.3 is 10.1 Å². The first-order valence-electron chi connectivity index (χ1n) is 8.21. The molecular formula is C18H24N2O3. The highest BCUT2D eigenvalue weighted by molar-refractivity contribution is 5.88. The van der Waals surface area contributed by atoms with Crippen molar-refractivity contribution in [2.75, 3.05) is 25.5 Å². The maximum atomic E-state index is 12.3. The summed E-state index contributed by atoms with van der Waals surface area (Å²) in [4.78, 5) is 25.7. The number of nitrogens with zero attached hydrogens (tertiary/aromatic N) is 1. The molecule has 2 fully saturated rings. The van der Waals surface area contributed by atoms with Crippen molar-refractivity contribution in [1.82, 2.24) is 4.90 Å². The van der Waals surface area contributed by atoms with Crippen molar-refractivity contribution in [3.05, 3.63) is 29.8 Å². The SMILES string of the molecule is COC(=O)[C@]12CCC[C@@H]1CN(Cc1ccc(NC(C)=O)cc1)C2. The average Bonchev–Trinajstić information content (AvgIpc) is 3.05. The third kappa shape index (κ3) is 3.11. The number of amides is 1. The second kappa shape index (κ2) is 6.32. The molecule has 0 aromatic heterocycles. The predicted octanol–water partition coefficient (Wildman–Crippen LogP) is 2.42. The molecule has 1 saturated carbocycles. The Kier molecular flexibility index (Phi) is 4.39. The Balaban J connectivity index is 1.66. The summed E-state index contributed by atoms with van der Waals surface area (Å²) in [5.74, 6) is 0.322. The molecule has 0 radical (unpaired) electrons. The molecule has 1 aliphatic carbocycles. The number of benzene rings is 1. The number of methoxy groups -OCH3 is 1. The van der Waals surface area contributed by atoms with E-state index in [4.69, 9.17) is 4.74 Å². The second-order valence-electron chi connectivity index (χ2n) is 6.78. The van der Waals surface area contributed by atoms with Gasteiger partial charge in [-0.15, -0.1) is 0 Å². The first-order chi connectivity index (χ1) is 11.0. The van der Waals surface area contributed by atoms with Crippen LogP contribution < -0.4 is 5.32 Å². The molecule has 3 rings (SSSR count). The van der Waals surface area contributed by atoms with Crippen LogP contribution in [0.25, 0.3) is 0 Å². The molecule has 0 unspecified atom stereocenters. The zero-order chi connectivity index (χ0) is 16.4. The van der Waals surface area contributed by atoms with Crippen molar-refractivity contribution in [1.29, 1.82) is 0 Å². The summed E-state index contributed by atoms with van der Waals surface area (Å²) in [6.07, 6.45) is 3.19. The monoisotopic (exact) mass is 316 g/mol. The lowest BCUT2D eigenvalue weighted by Crippen LogP contribution is -2.36. The van der Waals surface area contributed by atoms with E-state index in [1.807, 2.05) is 24.3 Å². The Morgan fingerprint density at radius 3 is 2.74 bits per heavy atom. The molecule has 1 aromatic carbocycles. The Hall–Kier alpha value is -1.88. The molecule has 124 valence electrons. The highest BCUT2D eigenvalue weighted by atomic mass is 16.5. The minimum absolute atomic E-state index is 0.0384. The van der Waals surface area contributed by atoms with Gasteiger partial charge in [-0.05, 0) is 36.5 Å². The van der Waals surface area contributed by atoms with Crippen LogP contribution in [-0.2, 0) is 20.9 Å². The first kappa shape index (κ1) is 16.0. The number of esters is 1. The third-order valence-corrected chi connectivity index (χ3v) is 5.21. The van der Waals surface area contributed by atoms with Gasteiger partial charge in [-0.3, -0.25) is 14.5 Å². The van der Waals surface area contributed by atoms with Crippen molar-refractivity contribution >= 4 is 17.6 Å². The maximum Gasteiger partial charge on any atom is 0.313 e. The number of carbonyl (C=O) groups excluding carboxylic acids is 2. The quantitative estimate of drug-likeness (QED) is 0.867. The number of rotatable bonds is 4. The summed E-state index contributed by atoms with van der Waals surface area (Å²) >= 11 is 0. The summed E-state index contributed by atoms with van der Waals surface area (Å²) in [5, 5.41) is 2.77. The zero-order valence-electron chi connectivity index (χ0n) is 13.8. The zero-order valence-corrected chi connectivity index (χ0v) is 13.8. The molecule has 5 nitrogen and oxygen atoms in total. The lowest BCUT2D eigenvalue weighted by atomic mass is 9.81.